The third-order valence-electron chi connectivity index (χ3n) is 3.37. The maximum atomic E-state index is 10.9. The van der Waals surface area contributed by atoms with Crippen LogP contribution in [-0.4, -0.2) is 36.5 Å². The largest absolute Gasteiger partial charge is 0.495 e. The van der Waals surface area contributed by atoms with Gasteiger partial charge in [0.15, 0.2) is 6.29 Å². The van der Waals surface area contributed by atoms with Gasteiger partial charge in [-0.25, -0.2) is 14.6 Å². The molecule has 0 saturated heterocycles. The summed E-state index contributed by atoms with van der Waals surface area (Å²) >= 11 is 6.59. The number of hydrogen-bond acceptors (Lipinski definition) is 7. The van der Waals surface area contributed by atoms with E-state index in [4.69, 9.17) is 20.0 Å². The summed E-state index contributed by atoms with van der Waals surface area (Å²) in [5, 5.41) is 0.859. The summed E-state index contributed by atoms with van der Waals surface area (Å²) in [6.07, 6.45) is 2.23. The number of aromatic nitrogens is 2. The second-order valence-corrected chi connectivity index (χ2v) is 7.11. The summed E-state index contributed by atoms with van der Waals surface area (Å²) in [4.78, 5) is 36.6. The fourth-order valence-corrected chi connectivity index (χ4v) is 3.10. The lowest BCUT2D eigenvalue weighted by Gasteiger charge is -2.05. The van der Waals surface area contributed by atoms with Crippen molar-refractivity contribution in [2.45, 2.75) is 0 Å². The molecule has 0 aliphatic rings. The van der Waals surface area contributed by atoms with Crippen LogP contribution in [-0.2, 0) is 0 Å². The molecule has 10 nitrogen and oxygen atoms in total. The predicted octanol–water partition coefficient (Wildman–Crippen LogP) is 2.57. The summed E-state index contributed by atoms with van der Waals surface area (Å²) < 4.78 is 11.6. The van der Waals surface area contributed by atoms with Crippen LogP contribution in [0.1, 0.15) is 10.4 Å². The maximum Gasteiger partial charge on any atom is 0.345 e. The van der Waals surface area contributed by atoms with Crippen LogP contribution in [0.2, 0.25) is 0 Å². The third kappa shape index (κ3) is 7.37. The monoisotopic (exact) mass is 543 g/mol. The molecule has 30 heavy (non-hydrogen) atoms. The Morgan fingerprint density at radius 2 is 1.60 bits per heavy atom. The first kappa shape index (κ1) is 24.9. The second kappa shape index (κ2) is 11.8. The molecule has 0 fully saturated rings. The number of amides is 2. The first-order chi connectivity index (χ1) is 14.1. The van der Waals surface area contributed by atoms with Gasteiger partial charge in [0.05, 0.1) is 28.7 Å². The molecular formula is C18H19Br2N5O5. The van der Waals surface area contributed by atoms with E-state index in [2.05, 4.69) is 53.3 Å². The molecule has 0 radical (unpaired) electrons. The zero-order valence-electron chi connectivity index (χ0n) is 15.9. The van der Waals surface area contributed by atoms with Gasteiger partial charge in [0.2, 0.25) is 0 Å². The molecule has 0 unspecified atom stereocenters. The molecule has 2 aromatic carbocycles. The third-order valence-corrected chi connectivity index (χ3v) is 4.61. The number of primary amides is 2. The number of ether oxygens (including phenoxy) is 2. The highest BCUT2D eigenvalue weighted by atomic mass is 79.9. The van der Waals surface area contributed by atoms with E-state index in [1.165, 1.54) is 6.20 Å². The molecule has 12 heteroatoms. The fraction of sp³-hybridized carbons (Fsp3) is 0.111. The molecule has 0 bridgehead atoms. The van der Waals surface area contributed by atoms with E-state index >= 15 is 0 Å². The number of H-pyrrole nitrogens is 1. The van der Waals surface area contributed by atoms with Gasteiger partial charge in [-0.05, 0) is 44.0 Å². The summed E-state index contributed by atoms with van der Waals surface area (Å²) in [6.45, 7) is 0. The first-order valence-electron chi connectivity index (χ1n) is 7.98. The van der Waals surface area contributed by atoms with Crippen molar-refractivity contribution < 1.29 is 19.1 Å². The normalized spacial score (nSPS) is 9.47. The molecule has 3 aromatic rings. The summed E-state index contributed by atoms with van der Waals surface area (Å²) in [6, 6.07) is 5.99. The van der Waals surface area contributed by atoms with Gasteiger partial charge in [0.25, 0.3) is 0 Å². The fourth-order valence-electron chi connectivity index (χ4n) is 2.06. The van der Waals surface area contributed by atoms with Crippen LogP contribution in [0.3, 0.4) is 0 Å². The highest BCUT2D eigenvalue weighted by molar-refractivity contribution is 9.10. The van der Waals surface area contributed by atoms with E-state index in [0.29, 0.717) is 34.6 Å². The van der Waals surface area contributed by atoms with Crippen LogP contribution in [0.4, 0.5) is 10.5 Å². The van der Waals surface area contributed by atoms with Gasteiger partial charge in [-0.1, -0.05) is 0 Å². The van der Waals surface area contributed by atoms with Crippen molar-refractivity contribution >= 4 is 60.8 Å². The van der Waals surface area contributed by atoms with Gasteiger partial charge in [-0.3, -0.25) is 4.79 Å². The Hall–Kier alpha value is -3.12. The van der Waals surface area contributed by atoms with Crippen LogP contribution in [0, 0.1) is 0 Å². The maximum absolute atomic E-state index is 10.9. The first-order valence-corrected chi connectivity index (χ1v) is 9.57. The minimum absolute atomic E-state index is 0.359. The van der Waals surface area contributed by atoms with Crippen LogP contribution >= 0.6 is 31.9 Å². The molecule has 1 heterocycles. The number of nitrogens with zero attached hydrogens (tertiary/aromatic N) is 1. The number of aromatic amines is 1. The van der Waals surface area contributed by atoms with Gasteiger partial charge < -0.3 is 31.7 Å². The standard InChI is InChI=1S/C9H7BrN2O2.C8H8BrNO2.CH4N2O/c1-14-8-3-7-5(2-6(8)10)4-11-9(13)12-7;1-12-8-3-7(10)5(4-11)2-6(8)9;2-1(3)4/h2-4H,1H3,(H,11,12,13);2-4H,10H2,1H3;(H4,2,3,4). The van der Waals surface area contributed by atoms with Crippen LogP contribution in [0.15, 0.2) is 44.2 Å². The highest BCUT2D eigenvalue weighted by Crippen LogP contribution is 2.29. The molecule has 0 spiro atoms. The van der Waals surface area contributed by atoms with E-state index in [-0.39, 0.29) is 5.69 Å². The number of benzene rings is 2. The topological polar surface area (TPSA) is 176 Å². The minimum atomic E-state index is -0.833. The van der Waals surface area contributed by atoms with Gasteiger partial charge in [-0.2, -0.15) is 0 Å². The Morgan fingerprint density at radius 1 is 1.07 bits per heavy atom. The minimum Gasteiger partial charge on any atom is -0.495 e. The number of methoxy groups -OCH3 is 2. The second-order valence-electron chi connectivity index (χ2n) is 5.40. The predicted molar refractivity (Wildman–Crippen MR) is 121 cm³/mol. The lowest BCUT2D eigenvalue weighted by Crippen LogP contribution is -2.18. The number of carbonyl (C=O) groups excluding carboxylic acids is 2. The van der Waals surface area contributed by atoms with Crippen molar-refractivity contribution in [3.05, 3.63) is 55.5 Å². The average Bonchev–Trinajstić information content (AvgIpc) is 2.69. The highest BCUT2D eigenvalue weighted by Gasteiger charge is 2.05. The number of carbonyl (C=O) groups is 2. The van der Waals surface area contributed by atoms with Crippen LogP contribution < -0.4 is 32.4 Å². The number of nitrogen functional groups attached to an aromatic ring is 1. The Morgan fingerprint density at radius 3 is 2.13 bits per heavy atom. The molecule has 2 amide bonds. The number of nitrogens with one attached hydrogen (secondary N) is 1. The van der Waals surface area contributed by atoms with Gasteiger partial charge in [-0.15, -0.1) is 0 Å². The van der Waals surface area contributed by atoms with Gasteiger partial charge in [0, 0.05) is 35.0 Å². The molecular weight excluding hydrogens is 526 g/mol. The SMILES string of the molecule is COc1cc(N)c(C=O)cc1Br.COc1cc2[nH]c(=O)ncc2cc1Br.NC(N)=O. The Bertz CT molecular complexity index is 1100. The average molecular weight is 545 g/mol. The lowest BCUT2D eigenvalue weighted by atomic mass is 10.2. The number of urea groups is 1. The quantitative estimate of drug-likeness (QED) is 0.289. The molecule has 0 aliphatic carbocycles. The van der Waals surface area contributed by atoms with Crippen molar-refractivity contribution in [3.63, 3.8) is 0 Å². The Balaban J connectivity index is 0.000000258. The molecule has 0 aliphatic heterocycles. The molecule has 3 rings (SSSR count). The summed E-state index contributed by atoms with van der Waals surface area (Å²) in [5.41, 5.74) is 15.3. The molecule has 160 valence electrons. The number of rotatable bonds is 3. The molecule has 1 aromatic heterocycles. The zero-order chi connectivity index (χ0) is 22.8. The zero-order valence-corrected chi connectivity index (χ0v) is 19.1. The number of halogens is 2. The Labute approximate surface area is 188 Å². The number of nitrogens with two attached hydrogens (primary N) is 3. The van der Waals surface area contributed by atoms with Gasteiger partial charge >= 0.3 is 11.7 Å². The molecule has 0 atom stereocenters. The van der Waals surface area contributed by atoms with Crippen molar-refractivity contribution in [1.29, 1.82) is 0 Å². The van der Waals surface area contributed by atoms with Crippen LogP contribution in [0.25, 0.3) is 10.9 Å². The van der Waals surface area contributed by atoms with Crippen molar-refractivity contribution in [3.8, 4) is 11.5 Å². The Kier molecular flexibility index (Phi) is 9.78. The summed E-state index contributed by atoms with van der Waals surface area (Å²) in [5.74, 6) is 1.30. The van der Waals surface area contributed by atoms with E-state index < -0.39 is 6.03 Å². The van der Waals surface area contributed by atoms with E-state index in [9.17, 15) is 9.59 Å². The summed E-state index contributed by atoms with van der Waals surface area (Å²) in [7, 11) is 3.12. The van der Waals surface area contributed by atoms with E-state index in [0.717, 1.165) is 14.3 Å². The number of anilines is 1. The van der Waals surface area contributed by atoms with Gasteiger partial charge in [0.1, 0.15) is 11.5 Å². The molecule has 7 N–H and O–H groups in total. The van der Waals surface area contributed by atoms with E-state index in [1.54, 1.807) is 32.4 Å². The smallest absolute Gasteiger partial charge is 0.345 e. The van der Waals surface area contributed by atoms with E-state index in [1.807, 2.05) is 6.07 Å². The lowest BCUT2D eigenvalue weighted by molar-refractivity contribution is 0.112. The number of hydrogen-bond donors (Lipinski definition) is 4. The van der Waals surface area contributed by atoms with Crippen molar-refractivity contribution in [1.82, 2.24) is 9.97 Å². The molecule has 0 saturated carbocycles. The number of aldehydes is 1. The van der Waals surface area contributed by atoms with Crippen molar-refractivity contribution in [2.24, 2.45) is 11.5 Å². The van der Waals surface area contributed by atoms with Crippen molar-refractivity contribution in [2.75, 3.05) is 20.0 Å². The van der Waals surface area contributed by atoms with Crippen LogP contribution in [0.5, 0.6) is 11.5 Å². The number of fused-ring (bicyclic) bond motifs is 1.